The summed E-state index contributed by atoms with van der Waals surface area (Å²) in [5, 5.41) is 5.53. The van der Waals surface area contributed by atoms with Gasteiger partial charge in [-0.25, -0.2) is 0 Å². The molecule has 1 unspecified atom stereocenters. The number of thiophene rings is 1. The Morgan fingerprint density at radius 1 is 1.62 bits per heavy atom. The summed E-state index contributed by atoms with van der Waals surface area (Å²) < 4.78 is 0. The summed E-state index contributed by atoms with van der Waals surface area (Å²) in [6, 6.07) is 3.42. The third-order valence-electron chi connectivity index (χ3n) is 3.32. The van der Waals surface area contributed by atoms with E-state index in [0.29, 0.717) is 6.04 Å². The van der Waals surface area contributed by atoms with Crippen LogP contribution in [0.4, 0.5) is 5.69 Å². The van der Waals surface area contributed by atoms with E-state index in [4.69, 9.17) is 5.73 Å². The van der Waals surface area contributed by atoms with Gasteiger partial charge in [0.15, 0.2) is 0 Å². The lowest BCUT2D eigenvalue weighted by molar-refractivity contribution is 0.241. The molecular formula is C12H21N3S. The van der Waals surface area contributed by atoms with Crippen LogP contribution in [0.1, 0.15) is 24.6 Å². The largest absolute Gasteiger partial charge is 0.398 e. The van der Waals surface area contributed by atoms with Crippen LogP contribution in [-0.2, 0) is 6.54 Å². The van der Waals surface area contributed by atoms with Crippen molar-refractivity contribution in [1.82, 2.24) is 10.2 Å². The molecule has 3 N–H and O–H groups in total. The molecule has 1 fully saturated rings. The van der Waals surface area contributed by atoms with Crippen LogP contribution in [-0.4, -0.2) is 30.6 Å². The van der Waals surface area contributed by atoms with Gasteiger partial charge in [0.05, 0.1) is 0 Å². The van der Waals surface area contributed by atoms with E-state index in [0.717, 1.165) is 24.8 Å². The van der Waals surface area contributed by atoms with E-state index in [-0.39, 0.29) is 0 Å². The Balaban J connectivity index is 1.69. The molecule has 0 amide bonds. The summed E-state index contributed by atoms with van der Waals surface area (Å²) in [7, 11) is 2.23. The molecule has 0 radical (unpaired) electrons. The standard InChI is InChI=1S/C12H21N3S/c1-9(15(2)10-3-4-10)7-14-8-12-11(13)5-6-16-12/h5-6,9-10,14H,3-4,7-8,13H2,1-2H3. The number of rotatable bonds is 6. The van der Waals surface area contributed by atoms with Gasteiger partial charge < -0.3 is 11.1 Å². The van der Waals surface area contributed by atoms with Crippen molar-refractivity contribution in [3.05, 3.63) is 16.3 Å². The molecule has 1 saturated carbocycles. The third-order valence-corrected chi connectivity index (χ3v) is 4.26. The zero-order chi connectivity index (χ0) is 11.5. The van der Waals surface area contributed by atoms with Crippen molar-refractivity contribution in [2.45, 2.75) is 38.4 Å². The van der Waals surface area contributed by atoms with Gasteiger partial charge in [-0.05, 0) is 38.3 Å². The lowest BCUT2D eigenvalue weighted by Gasteiger charge is -2.24. The van der Waals surface area contributed by atoms with Gasteiger partial charge >= 0.3 is 0 Å². The van der Waals surface area contributed by atoms with Crippen molar-refractivity contribution >= 4 is 17.0 Å². The first kappa shape index (κ1) is 11.9. The highest BCUT2D eigenvalue weighted by molar-refractivity contribution is 7.10. The van der Waals surface area contributed by atoms with Gasteiger partial charge in [0.2, 0.25) is 0 Å². The van der Waals surface area contributed by atoms with Crippen LogP contribution in [0.5, 0.6) is 0 Å². The van der Waals surface area contributed by atoms with E-state index >= 15 is 0 Å². The molecule has 0 spiro atoms. The molecule has 0 saturated heterocycles. The Labute approximate surface area is 102 Å². The van der Waals surface area contributed by atoms with Crippen LogP contribution in [0.2, 0.25) is 0 Å². The first-order chi connectivity index (χ1) is 7.68. The topological polar surface area (TPSA) is 41.3 Å². The first-order valence-electron chi connectivity index (χ1n) is 5.93. The molecule has 3 nitrogen and oxygen atoms in total. The minimum Gasteiger partial charge on any atom is -0.398 e. The van der Waals surface area contributed by atoms with Gasteiger partial charge in [0.1, 0.15) is 0 Å². The average Bonchev–Trinajstić information content (AvgIpc) is 3.03. The second kappa shape index (κ2) is 5.17. The predicted octanol–water partition coefficient (Wildman–Crippen LogP) is 1.90. The lowest BCUT2D eigenvalue weighted by atomic mass is 10.3. The van der Waals surface area contributed by atoms with E-state index in [9.17, 15) is 0 Å². The molecule has 1 aliphatic rings. The second-order valence-electron chi connectivity index (χ2n) is 4.68. The normalized spacial score (nSPS) is 17.9. The third kappa shape index (κ3) is 2.97. The van der Waals surface area contributed by atoms with Gasteiger partial charge in [-0.1, -0.05) is 0 Å². The number of nitrogens with zero attached hydrogens (tertiary/aromatic N) is 1. The molecule has 90 valence electrons. The van der Waals surface area contributed by atoms with E-state index in [2.05, 4.69) is 24.2 Å². The molecule has 0 bridgehead atoms. The van der Waals surface area contributed by atoms with E-state index in [1.54, 1.807) is 11.3 Å². The molecular weight excluding hydrogens is 218 g/mol. The molecule has 16 heavy (non-hydrogen) atoms. The van der Waals surface area contributed by atoms with Crippen molar-refractivity contribution in [2.24, 2.45) is 0 Å². The van der Waals surface area contributed by atoms with E-state index in [1.807, 2.05) is 11.4 Å². The quantitative estimate of drug-likeness (QED) is 0.796. The lowest BCUT2D eigenvalue weighted by Crippen LogP contribution is -2.38. The molecule has 0 aromatic carbocycles. The van der Waals surface area contributed by atoms with Crippen molar-refractivity contribution in [1.29, 1.82) is 0 Å². The molecule has 1 aliphatic carbocycles. The Kier molecular flexibility index (Phi) is 3.84. The van der Waals surface area contributed by atoms with Crippen LogP contribution in [0.15, 0.2) is 11.4 Å². The van der Waals surface area contributed by atoms with Crippen molar-refractivity contribution < 1.29 is 0 Å². The first-order valence-corrected chi connectivity index (χ1v) is 6.81. The van der Waals surface area contributed by atoms with Crippen LogP contribution >= 0.6 is 11.3 Å². The minimum absolute atomic E-state index is 0.605. The van der Waals surface area contributed by atoms with Gasteiger partial charge in [-0.3, -0.25) is 4.90 Å². The highest BCUT2D eigenvalue weighted by Gasteiger charge is 2.28. The van der Waals surface area contributed by atoms with Gasteiger partial charge in [0.25, 0.3) is 0 Å². The minimum atomic E-state index is 0.605. The fourth-order valence-corrected chi connectivity index (χ4v) is 2.64. The highest BCUT2D eigenvalue weighted by Crippen LogP contribution is 2.26. The van der Waals surface area contributed by atoms with E-state index < -0.39 is 0 Å². The molecule has 1 heterocycles. The summed E-state index contributed by atoms with van der Waals surface area (Å²) in [6.45, 7) is 4.21. The zero-order valence-electron chi connectivity index (χ0n) is 10.1. The van der Waals surface area contributed by atoms with Crippen LogP contribution in [0, 0.1) is 0 Å². The molecule has 4 heteroatoms. The number of hydrogen-bond donors (Lipinski definition) is 2. The zero-order valence-corrected chi connectivity index (χ0v) is 10.9. The summed E-state index contributed by atoms with van der Waals surface area (Å²) in [5.41, 5.74) is 6.75. The highest BCUT2D eigenvalue weighted by atomic mass is 32.1. The summed E-state index contributed by atoms with van der Waals surface area (Å²) >= 11 is 1.73. The van der Waals surface area contributed by atoms with Crippen molar-refractivity contribution in [2.75, 3.05) is 19.3 Å². The van der Waals surface area contributed by atoms with Crippen molar-refractivity contribution in [3.63, 3.8) is 0 Å². The van der Waals surface area contributed by atoms with Crippen molar-refractivity contribution in [3.8, 4) is 0 Å². The summed E-state index contributed by atoms with van der Waals surface area (Å²) in [5.74, 6) is 0. The Hall–Kier alpha value is -0.580. The number of nitrogen functional groups attached to an aromatic ring is 1. The Bertz CT molecular complexity index is 333. The number of nitrogens with two attached hydrogens (primary N) is 1. The smallest absolute Gasteiger partial charge is 0.0468 e. The maximum atomic E-state index is 5.84. The molecule has 1 atom stereocenters. The number of hydrogen-bond acceptors (Lipinski definition) is 4. The average molecular weight is 239 g/mol. The van der Waals surface area contributed by atoms with Gasteiger partial charge in [-0.2, -0.15) is 0 Å². The Morgan fingerprint density at radius 2 is 2.38 bits per heavy atom. The second-order valence-corrected chi connectivity index (χ2v) is 5.68. The fourth-order valence-electron chi connectivity index (χ4n) is 1.87. The fraction of sp³-hybridized carbons (Fsp3) is 0.667. The van der Waals surface area contributed by atoms with Gasteiger partial charge in [0, 0.05) is 35.7 Å². The van der Waals surface area contributed by atoms with Crippen LogP contribution < -0.4 is 11.1 Å². The number of anilines is 1. The number of nitrogens with one attached hydrogen (secondary N) is 1. The summed E-state index contributed by atoms with van der Waals surface area (Å²) in [4.78, 5) is 3.73. The monoisotopic (exact) mass is 239 g/mol. The SMILES string of the molecule is CC(CNCc1sccc1N)N(C)C1CC1. The Morgan fingerprint density at radius 3 is 2.94 bits per heavy atom. The van der Waals surface area contributed by atoms with E-state index in [1.165, 1.54) is 17.7 Å². The summed E-state index contributed by atoms with van der Waals surface area (Å²) in [6.07, 6.45) is 2.75. The maximum absolute atomic E-state index is 5.84. The van der Waals surface area contributed by atoms with Crippen LogP contribution in [0.25, 0.3) is 0 Å². The van der Waals surface area contributed by atoms with Gasteiger partial charge in [-0.15, -0.1) is 11.3 Å². The van der Waals surface area contributed by atoms with Crippen LogP contribution in [0.3, 0.4) is 0 Å². The molecule has 0 aliphatic heterocycles. The number of likely N-dealkylation sites (N-methyl/N-ethyl adjacent to an activating group) is 1. The molecule has 2 rings (SSSR count). The molecule has 1 aromatic rings. The predicted molar refractivity (Wildman–Crippen MR) is 70.7 cm³/mol. The maximum Gasteiger partial charge on any atom is 0.0468 e. The molecule has 1 aromatic heterocycles.